The molecule has 0 saturated carbocycles. The van der Waals surface area contributed by atoms with Crippen LogP contribution in [0.4, 0.5) is 4.79 Å². The van der Waals surface area contributed by atoms with Crippen LogP contribution in [-0.2, 0) is 9.53 Å². The van der Waals surface area contributed by atoms with Gasteiger partial charge >= 0.3 is 12.1 Å². The average Bonchev–Trinajstić information content (AvgIpc) is 2.25. The molecule has 1 N–H and O–H groups in total. The standard InChI is InChI=1S/C13H24N2O4/c1-13(2,3)19-12(18)15-8-6-7-9(14(4)5)10(15)11(16)17/h9-10H,6-8H2,1-5H3,(H,16,17). The number of aliphatic carboxylic acids is 1. The van der Waals surface area contributed by atoms with Crippen LogP contribution in [-0.4, -0.2) is 65.3 Å². The van der Waals surface area contributed by atoms with Crippen LogP contribution in [0.5, 0.6) is 0 Å². The van der Waals surface area contributed by atoms with Crippen molar-refractivity contribution in [3.05, 3.63) is 0 Å². The third-order valence-electron chi connectivity index (χ3n) is 3.14. The Labute approximate surface area is 114 Å². The molecular weight excluding hydrogens is 248 g/mol. The van der Waals surface area contributed by atoms with Crippen LogP contribution in [0, 0.1) is 0 Å². The number of carboxylic acid groups (broad SMARTS) is 1. The number of ether oxygens (including phenoxy) is 1. The molecule has 1 heterocycles. The molecule has 1 saturated heterocycles. The highest BCUT2D eigenvalue weighted by Gasteiger charge is 2.41. The minimum absolute atomic E-state index is 0.182. The van der Waals surface area contributed by atoms with Crippen molar-refractivity contribution in [1.29, 1.82) is 0 Å². The molecule has 6 heteroatoms. The lowest BCUT2D eigenvalue weighted by molar-refractivity contribution is -0.147. The maximum Gasteiger partial charge on any atom is 0.411 e. The zero-order valence-electron chi connectivity index (χ0n) is 12.3. The topological polar surface area (TPSA) is 70.1 Å². The summed E-state index contributed by atoms with van der Waals surface area (Å²) < 4.78 is 5.29. The maximum absolute atomic E-state index is 12.1. The first-order chi connectivity index (χ1) is 8.63. The van der Waals surface area contributed by atoms with Crippen LogP contribution in [0.25, 0.3) is 0 Å². The molecule has 0 aliphatic carbocycles. The molecule has 0 radical (unpaired) electrons. The van der Waals surface area contributed by atoms with Gasteiger partial charge in [-0.15, -0.1) is 0 Å². The minimum atomic E-state index is -0.982. The number of piperidine rings is 1. The van der Waals surface area contributed by atoms with E-state index in [2.05, 4.69) is 0 Å². The van der Waals surface area contributed by atoms with Crippen LogP contribution in [0.3, 0.4) is 0 Å². The van der Waals surface area contributed by atoms with E-state index in [1.165, 1.54) is 4.90 Å². The van der Waals surface area contributed by atoms with Crippen LogP contribution in [0.15, 0.2) is 0 Å². The van der Waals surface area contributed by atoms with E-state index in [4.69, 9.17) is 4.74 Å². The van der Waals surface area contributed by atoms with E-state index in [0.29, 0.717) is 6.54 Å². The summed E-state index contributed by atoms with van der Waals surface area (Å²) in [5.74, 6) is -0.982. The number of rotatable bonds is 2. The lowest BCUT2D eigenvalue weighted by Crippen LogP contribution is -2.59. The number of hydrogen-bond acceptors (Lipinski definition) is 4. The van der Waals surface area contributed by atoms with E-state index in [9.17, 15) is 14.7 Å². The van der Waals surface area contributed by atoms with Gasteiger partial charge in [0.2, 0.25) is 0 Å². The SMILES string of the molecule is CN(C)C1CCCN(C(=O)OC(C)(C)C)C1C(=O)O. The van der Waals surface area contributed by atoms with Crippen molar-refractivity contribution in [1.82, 2.24) is 9.80 Å². The maximum atomic E-state index is 12.1. The summed E-state index contributed by atoms with van der Waals surface area (Å²) in [5.41, 5.74) is -0.620. The Morgan fingerprint density at radius 2 is 1.89 bits per heavy atom. The van der Waals surface area contributed by atoms with Crippen molar-refractivity contribution in [2.45, 2.75) is 51.3 Å². The highest BCUT2D eigenvalue weighted by molar-refractivity contribution is 5.81. The second kappa shape index (κ2) is 5.77. The van der Waals surface area contributed by atoms with Gasteiger partial charge in [0.1, 0.15) is 11.6 Å². The van der Waals surface area contributed by atoms with E-state index >= 15 is 0 Å². The van der Waals surface area contributed by atoms with Gasteiger partial charge in [0.25, 0.3) is 0 Å². The van der Waals surface area contributed by atoms with Gasteiger partial charge in [-0.3, -0.25) is 4.90 Å². The Morgan fingerprint density at radius 3 is 2.32 bits per heavy atom. The van der Waals surface area contributed by atoms with Crippen molar-refractivity contribution in [2.75, 3.05) is 20.6 Å². The number of carbonyl (C=O) groups excluding carboxylic acids is 1. The summed E-state index contributed by atoms with van der Waals surface area (Å²) in [7, 11) is 3.67. The summed E-state index contributed by atoms with van der Waals surface area (Å²) in [4.78, 5) is 26.8. The van der Waals surface area contributed by atoms with Gasteiger partial charge in [0.05, 0.1) is 0 Å². The molecule has 0 aromatic carbocycles. The van der Waals surface area contributed by atoms with Crippen LogP contribution >= 0.6 is 0 Å². The lowest BCUT2D eigenvalue weighted by Gasteiger charge is -2.41. The largest absolute Gasteiger partial charge is 0.480 e. The fourth-order valence-electron chi connectivity index (χ4n) is 2.34. The van der Waals surface area contributed by atoms with Gasteiger partial charge in [-0.05, 0) is 47.7 Å². The Bertz CT molecular complexity index is 349. The monoisotopic (exact) mass is 272 g/mol. The number of hydrogen-bond donors (Lipinski definition) is 1. The number of likely N-dealkylation sites (N-methyl/N-ethyl adjacent to an activating group) is 1. The first kappa shape index (κ1) is 15.8. The van der Waals surface area contributed by atoms with Gasteiger partial charge in [-0.1, -0.05) is 0 Å². The molecule has 0 aromatic heterocycles. The molecule has 6 nitrogen and oxygen atoms in total. The fraction of sp³-hybridized carbons (Fsp3) is 0.846. The van der Waals surface area contributed by atoms with E-state index in [0.717, 1.165) is 12.8 Å². The summed E-state index contributed by atoms with van der Waals surface area (Å²) in [5, 5.41) is 9.40. The molecule has 1 rings (SSSR count). The van der Waals surface area contributed by atoms with Crippen molar-refractivity contribution >= 4 is 12.1 Å². The van der Waals surface area contributed by atoms with Crippen LogP contribution in [0.1, 0.15) is 33.6 Å². The zero-order chi connectivity index (χ0) is 14.8. The van der Waals surface area contributed by atoms with Crippen LogP contribution in [0.2, 0.25) is 0 Å². The third kappa shape index (κ3) is 4.09. The molecule has 1 amide bonds. The Kier molecular flexibility index (Phi) is 4.79. The average molecular weight is 272 g/mol. The van der Waals surface area contributed by atoms with Crippen molar-refractivity contribution in [3.8, 4) is 0 Å². The molecule has 0 aromatic rings. The summed E-state index contributed by atoms with van der Waals surface area (Å²) in [6, 6.07) is -1.03. The molecule has 0 bridgehead atoms. The van der Waals surface area contributed by atoms with Gasteiger partial charge in [0, 0.05) is 12.6 Å². The number of carboxylic acids is 1. The van der Waals surface area contributed by atoms with Crippen molar-refractivity contribution in [3.63, 3.8) is 0 Å². The molecule has 19 heavy (non-hydrogen) atoms. The predicted molar refractivity (Wildman–Crippen MR) is 71.1 cm³/mol. The fourth-order valence-corrected chi connectivity index (χ4v) is 2.34. The molecule has 110 valence electrons. The Hall–Kier alpha value is -1.30. The molecular formula is C13H24N2O4. The van der Waals surface area contributed by atoms with Crippen LogP contribution < -0.4 is 0 Å². The lowest BCUT2D eigenvalue weighted by atomic mass is 9.95. The van der Waals surface area contributed by atoms with Crippen molar-refractivity contribution in [2.24, 2.45) is 0 Å². The number of nitrogens with zero attached hydrogens (tertiary/aromatic N) is 2. The number of amides is 1. The van der Waals surface area contributed by atoms with E-state index < -0.39 is 23.7 Å². The van der Waals surface area contributed by atoms with Gasteiger partial charge in [-0.25, -0.2) is 9.59 Å². The molecule has 1 aliphatic heterocycles. The zero-order valence-corrected chi connectivity index (χ0v) is 12.3. The molecule has 1 aliphatic rings. The smallest absolute Gasteiger partial charge is 0.411 e. The second-order valence-electron chi connectivity index (χ2n) is 6.13. The first-order valence-electron chi connectivity index (χ1n) is 6.52. The minimum Gasteiger partial charge on any atom is -0.480 e. The Balaban J connectivity index is 2.90. The normalized spacial score (nSPS) is 24.4. The first-order valence-corrected chi connectivity index (χ1v) is 6.52. The van der Waals surface area contributed by atoms with E-state index in [-0.39, 0.29) is 6.04 Å². The van der Waals surface area contributed by atoms with Crippen molar-refractivity contribution < 1.29 is 19.4 Å². The van der Waals surface area contributed by atoms with Gasteiger partial charge in [0.15, 0.2) is 0 Å². The molecule has 2 atom stereocenters. The predicted octanol–water partition coefficient (Wildman–Crippen LogP) is 1.40. The summed E-state index contributed by atoms with van der Waals surface area (Å²) in [6.07, 6.45) is 1.00. The molecule has 0 spiro atoms. The van der Waals surface area contributed by atoms with E-state index in [1.54, 1.807) is 20.8 Å². The number of likely N-dealkylation sites (tertiary alicyclic amines) is 1. The highest BCUT2D eigenvalue weighted by atomic mass is 16.6. The summed E-state index contributed by atoms with van der Waals surface area (Å²) in [6.45, 7) is 5.74. The molecule has 1 fully saturated rings. The van der Waals surface area contributed by atoms with Gasteiger partial charge < -0.3 is 14.7 Å². The molecule has 2 unspecified atom stereocenters. The second-order valence-corrected chi connectivity index (χ2v) is 6.13. The van der Waals surface area contributed by atoms with E-state index in [1.807, 2.05) is 19.0 Å². The third-order valence-corrected chi connectivity index (χ3v) is 3.14. The number of carbonyl (C=O) groups is 2. The van der Waals surface area contributed by atoms with Gasteiger partial charge in [-0.2, -0.15) is 0 Å². The quantitative estimate of drug-likeness (QED) is 0.823. The highest BCUT2D eigenvalue weighted by Crippen LogP contribution is 2.23. The Morgan fingerprint density at radius 1 is 1.32 bits per heavy atom. The summed E-state index contributed by atoms with van der Waals surface area (Å²) >= 11 is 0.